The number of amides is 2. The molecule has 8 heteroatoms. The largest absolute Gasteiger partial charge is 0.379 e. The Hall–Kier alpha value is -3.10. The first kappa shape index (κ1) is 25.5. The molecule has 3 aliphatic rings. The lowest BCUT2D eigenvalue weighted by atomic mass is 9.98. The van der Waals surface area contributed by atoms with Crippen molar-refractivity contribution in [1.82, 2.24) is 14.8 Å². The molecule has 5 rings (SSSR count). The summed E-state index contributed by atoms with van der Waals surface area (Å²) in [5.74, 6) is -0.550. The smallest absolute Gasteiger partial charge is 0.262 e. The number of halogens is 1. The first-order valence-corrected chi connectivity index (χ1v) is 13.4. The number of ether oxygens (including phenoxy) is 1. The van der Waals surface area contributed by atoms with Crippen LogP contribution in [0.5, 0.6) is 0 Å². The Labute approximate surface area is 217 Å². The van der Waals surface area contributed by atoms with Crippen molar-refractivity contribution in [3.05, 3.63) is 71.5 Å². The van der Waals surface area contributed by atoms with Crippen molar-refractivity contribution in [2.75, 3.05) is 45.9 Å². The summed E-state index contributed by atoms with van der Waals surface area (Å²) in [5.41, 5.74) is 1.89. The number of carbonyl (C=O) groups is 2. The molecule has 37 heavy (non-hydrogen) atoms. The van der Waals surface area contributed by atoms with Gasteiger partial charge in [0, 0.05) is 44.1 Å². The quantitative estimate of drug-likeness (QED) is 0.546. The van der Waals surface area contributed by atoms with Gasteiger partial charge in [0.15, 0.2) is 0 Å². The van der Waals surface area contributed by atoms with Gasteiger partial charge in [-0.15, -0.1) is 0 Å². The lowest BCUT2D eigenvalue weighted by Gasteiger charge is -2.32. The van der Waals surface area contributed by atoms with Crippen molar-refractivity contribution in [3.8, 4) is 0 Å². The highest BCUT2D eigenvalue weighted by Gasteiger charge is 2.36. The molecule has 0 unspecified atom stereocenters. The van der Waals surface area contributed by atoms with E-state index in [0.717, 1.165) is 44.3 Å². The topological polar surface area (TPSA) is 65.5 Å². The standard InChI is InChI=1S/C29H35FN4O3/c30-25-13-7-6-12-24(25)26-20-27(22-8-2-1-3-9-22)34(31-26)28(35)21-33(29(36)23-10-4-5-11-23)15-14-32-16-18-37-19-17-32/h1-3,6-9,12-13,23,27H,4-5,10-11,14-21H2/t27-/m1/s1. The summed E-state index contributed by atoms with van der Waals surface area (Å²) < 4.78 is 20.1. The van der Waals surface area contributed by atoms with Gasteiger partial charge < -0.3 is 9.64 Å². The second kappa shape index (κ2) is 12.0. The molecule has 7 nitrogen and oxygen atoms in total. The van der Waals surface area contributed by atoms with Crippen molar-refractivity contribution >= 4 is 17.5 Å². The average molecular weight is 507 g/mol. The molecule has 2 aliphatic heterocycles. The number of rotatable bonds is 8. The molecule has 2 heterocycles. The van der Waals surface area contributed by atoms with Crippen LogP contribution in [-0.2, 0) is 14.3 Å². The fourth-order valence-electron chi connectivity index (χ4n) is 5.55. The van der Waals surface area contributed by atoms with E-state index in [1.54, 1.807) is 23.1 Å². The van der Waals surface area contributed by atoms with Crippen molar-refractivity contribution in [2.45, 2.75) is 38.1 Å². The first-order valence-electron chi connectivity index (χ1n) is 13.4. The van der Waals surface area contributed by atoms with Crippen molar-refractivity contribution in [3.63, 3.8) is 0 Å². The van der Waals surface area contributed by atoms with Gasteiger partial charge in [0.2, 0.25) is 5.91 Å². The molecule has 1 aliphatic carbocycles. The zero-order chi connectivity index (χ0) is 25.6. The molecule has 2 fully saturated rings. The van der Waals surface area contributed by atoms with E-state index in [9.17, 15) is 14.0 Å². The number of morpholine rings is 1. The normalized spacial score (nSPS) is 20.7. The van der Waals surface area contributed by atoms with Gasteiger partial charge >= 0.3 is 0 Å². The van der Waals surface area contributed by atoms with Crippen molar-refractivity contribution in [2.24, 2.45) is 11.0 Å². The molecule has 1 saturated heterocycles. The van der Waals surface area contributed by atoms with Crippen LogP contribution in [0.4, 0.5) is 4.39 Å². The number of carbonyl (C=O) groups excluding carboxylic acids is 2. The summed E-state index contributed by atoms with van der Waals surface area (Å²) in [5, 5.41) is 6.11. The summed E-state index contributed by atoms with van der Waals surface area (Å²) >= 11 is 0. The van der Waals surface area contributed by atoms with E-state index in [2.05, 4.69) is 10.0 Å². The molecule has 1 saturated carbocycles. The number of hydrogen-bond donors (Lipinski definition) is 0. The van der Waals surface area contributed by atoms with E-state index in [1.165, 1.54) is 11.1 Å². The van der Waals surface area contributed by atoms with Gasteiger partial charge in [-0.2, -0.15) is 5.10 Å². The van der Waals surface area contributed by atoms with Gasteiger partial charge in [-0.25, -0.2) is 9.40 Å². The summed E-state index contributed by atoms with van der Waals surface area (Å²) in [7, 11) is 0. The van der Waals surface area contributed by atoms with Crippen molar-refractivity contribution < 1.29 is 18.7 Å². The van der Waals surface area contributed by atoms with Crippen LogP contribution in [0.1, 0.15) is 49.3 Å². The SMILES string of the molecule is O=C(C1CCCC1)N(CCN1CCOCC1)CC(=O)N1N=C(c2ccccc2F)C[C@@H]1c1ccccc1. The molecule has 2 aromatic rings. The molecule has 0 bridgehead atoms. The second-order valence-corrected chi connectivity index (χ2v) is 10.1. The van der Waals surface area contributed by atoms with Gasteiger partial charge in [-0.05, 0) is 24.5 Å². The number of hydrazone groups is 1. The Balaban J connectivity index is 1.37. The predicted octanol–water partition coefficient (Wildman–Crippen LogP) is 3.85. The first-order chi connectivity index (χ1) is 18.1. The molecule has 2 aromatic carbocycles. The monoisotopic (exact) mass is 506 g/mol. The molecule has 0 aromatic heterocycles. The third kappa shape index (κ3) is 6.08. The number of benzene rings is 2. The van der Waals surface area contributed by atoms with Crippen LogP contribution >= 0.6 is 0 Å². The molecular weight excluding hydrogens is 471 g/mol. The number of nitrogens with zero attached hydrogens (tertiary/aromatic N) is 4. The van der Waals surface area contributed by atoms with Crippen LogP contribution < -0.4 is 0 Å². The van der Waals surface area contributed by atoms with Crippen LogP contribution in [0.2, 0.25) is 0 Å². The lowest BCUT2D eigenvalue weighted by Crippen LogP contribution is -2.47. The predicted molar refractivity (Wildman–Crippen MR) is 139 cm³/mol. The summed E-state index contributed by atoms with van der Waals surface area (Å²) in [6.45, 7) is 4.22. The third-order valence-electron chi connectivity index (χ3n) is 7.67. The Morgan fingerprint density at radius 3 is 2.43 bits per heavy atom. The van der Waals surface area contributed by atoms with Gasteiger partial charge in [-0.3, -0.25) is 14.5 Å². The molecular formula is C29H35FN4O3. The maximum absolute atomic E-state index is 14.6. The lowest BCUT2D eigenvalue weighted by molar-refractivity contribution is -0.144. The van der Waals surface area contributed by atoms with Gasteiger partial charge in [0.1, 0.15) is 12.4 Å². The molecule has 1 atom stereocenters. The van der Waals surface area contributed by atoms with E-state index >= 15 is 0 Å². The van der Waals surface area contributed by atoms with Crippen LogP contribution in [0.25, 0.3) is 0 Å². The Morgan fingerprint density at radius 1 is 1.00 bits per heavy atom. The van der Waals surface area contributed by atoms with E-state index in [0.29, 0.717) is 44.0 Å². The second-order valence-electron chi connectivity index (χ2n) is 10.1. The maximum atomic E-state index is 14.6. The van der Waals surface area contributed by atoms with Gasteiger partial charge in [0.05, 0.1) is 25.0 Å². The molecule has 0 N–H and O–H groups in total. The number of hydrogen-bond acceptors (Lipinski definition) is 5. The summed E-state index contributed by atoms with van der Waals surface area (Å²) in [6, 6.07) is 15.9. The van der Waals surface area contributed by atoms with Gasteiger partial charge in [0.25, 0.3) is 5.91 Å². The van der Waals surface area contributed by atoms with Crippen LogP contribution in [-0.4, -0.2) is 78.3 Å². The zero-order valence-electron chi connectivity index (χ0n) is 21.2. The fourth-order valence-corrected chi connectivity index (χ4v) is 5.55. The minimum atomic E-state index is -0.356. The minimum Gasteiger partial charge on any atom is -0.379 e. The summed E-state index contributed by atoms with van der Waals surface area (Å²) in [4.78, 5) is 31.3. The average Bonchev–Trinajstić information content (AvgIpc) is 3.63. The highest BCUT2D eigenvalue weighted by Crippen LogP contribution is 2.34. The Bertz CT molecular complexity index is 1110. The van der Waals surface area contributed by atoms with E-state index < -0.39 is 0 Å². The summed E-state index contributed by atoms with van der Waals surface area (Å²) in [6.07, 6.45) is 4.29. The van der Waals surface area contributed by atoms with Crippen LogP contribution in [0, 0.1) is 11.7 Å². The van der Waals surface area contributed by atoms with Crippen LogP contribution in [0.3, 0.4) is 0 Å². The Kier molecular flexibility index (Phi) is 8.26. The third-order valence-corrected chi connectivity index (χ3v) is 7.67. The van der Waals surface area contributed by atoms with E-state index in [-0.39, 0.29) is 36.1 Å². The van der Waals surface area contributed by atoms with E-state index in [1.807, 2.05) is 30.3 Å². The fraction of sp³-hybridized carbons (Fsp3) is 0.483. The Morgan fingerprint density at radius 2 is 1.70 bits per heavy atom. The zero-order valence-corrected chi connectivity index (χ0v) is 21.2. The maximum Gasteiger partial charge on any atom is 0.262 e. The van der Waals surface area contributed by atoms with E-state index in [4.69, 9.17) is 4.74 Å². The van der Waals surface area contributed by atoms with Crippen LogP contribution in [0.15, 0.2) is 59.7 Å². The molecule has 0 radical (unpaired) electrons. The van der Waals surface area contributed by atoms with Gasteiger partial charge in [-0.1, -0.05) is 61.4 Å². The van der Waals surface area contributed by atoms with Crippen molar-refractivity contribution in [1.29, 1.82) is 0 Å². The highest BCUT2D eigenvalue weighted by atomic mass is 19.1. The highest BCUT2D eigenvalue weighted by molar-refractivity contribution is 6.03. The minimum absolute atomic E-state index is 0.0153. The molecule has 2 amide bonds. The molecule has 196 valence electrons. The molecule has 0 spiro atoms.